The van der Waals surface area contributed by atoms with Crippen molar-refractivity contribution in [2.75, 3.05) is 52.9 Å². The Morgan fingerprint density at radius 3 is 0.699 bits per heavy atom. The summed E-state index contributed by atoms with van der Waals surface area (Å²) in [6.07, 6.45) is -80.9. The molecule has 7 aromatic rings. The van der Waals surface area contributed by atoms with Crippen LogP contribution in [0.3, 0.4) is 0 Å². The van der Waals surface area contributed by atoms with E-state index in [9.17, 15) is 163 Å². The Labute approximate surface area is 759 Å². The SMILES string of the molecule is OC1OC(COc2ccc3c4nc5nc(nc6c7cc(OCC8OC(O)C(O)C(O)C8O)c(OCC8OC(O)C(O)C(O)C8O)cc7c(nc7nc(nc([nH]4)c3c2)-c2cc(OCC3OC(O)C(O)C(O)C3O)c(OCC3OC(O)C(O)C(O)C3O)cc2-7)n6OCC2OC(O)C(O)C(O)C2O)-c2cc(OCC3OC(O)C(O)C(O)C3O)c(OCC3OC(O)C(O)C(O)C3O)cc2-5)C(O)C(O)C1O. The summed E-state index contributed by atoms with van der Waals surface area (Å²) >= 11 is 0. The van der Waals surface area contributed by atoms with Crippen LogP contribution >= 0.6 is 0 Å². The molecule has 8 bridgehead atoms. The standard InChI is InChI=1S/C80H98N8O48/c89-41-33(129-73(113)57(105)49(41)97)10-121-18-1-2-19-20(3-18)66-81-65(19)82-67-21-4-27(122-11-34-42(90)50(98)58(106)74(114)130-34)29(124-13-36-44(92)52(100)60(108)76(116)132-36)6-23(21)69(84-67)86-71-25-8-31(126-15-38-46(94)54(102)62(110)78(118)134-38)32(127-16-39-47(95)55(103)63(111)79(119)135-39)9-26(25)72(88(71)128-17-40-48(96)56(104)64(112)80(120)136-40)87-70-24-7-30(125-14-37-45(93)53(101)61(109)77(117)133-37)28(5-22(24)68(83-66)85-70)123-12-35-43(91)51(99)59(107)75(115)131-35/h1-9,33-64,73-80,89-120H,10-17H2,(H,81,82,83,84,85,86,87). The van der Waals surface area contributed by atoms with Crippen molar-refractivity contribution >= 4 is 44.1 Å². The van der Waals surface area contributed by atoms with Crippen molar-refractivity contribution in [3.05, 3.63) is 54.6 Å². The number of aromatic nitrogens is 8. The van der Waals surface area contributed by atoms with Gasteiger partial charge in [-0.1, -0.05) is 0 Å². The molecule has 17 rings (SSSR count). The van der Waals surface area contributed by atoms with Gasteiger partial charge in [0, 0.05) is 43.8 Å². The summed E-state index contributed by atoms with van der Waals surface area (Å²) in [7, 11) is 0. The summed E-state index contributed by atoms with van der Waals surface area (Å²) in [6, 6.07) is 10.9. The molecule has 0 spiro atoms. The van der Waals surface area contributed by atoms with Crippen LogP contribution in [0.2, 0.25) is 0 Å². The maximum absolute atomic E-state index is 11.7. The van der Waals surface area contributed by atoms with E-state index in [4.69, 9.17) is 106 Å². The minimum absolute atomic E-state index is 0.00478. The molecule has 33 N–H and O–H groups in total. The van der Waals surface area contributed by atoms with Crippen molar-refractivity contribution in [1.82, 2.24) is 39.6 Å². The van der Waals surface area contributed by atoms with Gasteiger partial charge >= 0.3 is 0 Å². The minimum atomic E-state index is -2.28. The third-order valence-corrected chi connectivity index (χ3v) is 24.8. The van der Waals surface area contributed by atoms with Crippen LogP contribution < -0.4 is 38.0 Å². The van der Waals surface area contributed by atoms with E-state index in [0.29, 0.717) is 0 Å². The molecule has 0 amide bonds. The lowest BCUT2D eigenvalue weighted by Crippen LogP contribution is -2.59. The third kappa shape index (κ3) is 18.8. The van der Waals surface area contributed by atoms with Crippen molar-refractivity contribution in [3.8, 4) is 85.8 Å². The number of benzene rings is 4. The normalized spacial score (nSPS) is 39.2. The van der Waals surface area contributed by atoms with Gasteiger partial charge in [0.25, 0.3) is 0 Å². The van der Waals surface area contributed by atoms with Crippen LogP contribution in [-0.4, -0.2) is 502 Å². The van der Waals surface area contributed by atoms with E-state index >= 15 is 0 Å². The van der Waals surface area contributed by atoms with Gasteiger partial charge in [-0.25, -0.2) is 29.9 Å². The van der Waals surface area contributed by atoms with E-state index in [2.05, 4.69) is 4.98 Å². The molecule has 3 aromatic heterocycles. The zero-order chi connectivity index (χ0) is 97.2. The highest BCUT2D eigenvalue weighted by molar-refractivity contribution is 6.08. The second-order valence-corrected chi connectivity index (χ2v) is 33.7. The smallest absolute Gasteiger partial charge is 0.184 e. The Balaban J connectivity index is 0.958. The number of nitrogens with zero attached hydrogens (tertiary/aromatic N) is 7. The first-order chi connectivity index (χ1) is 64.6. The van der Waals surface area contributed by atoms with E-state index in [0.717, 1.165) is 29.0 Å². The van der Waals surface area contributed by atoms with E-state index in [1.54, 1.807) is 0 Å². The number of hydrogen-bond acceptors (Lipinski definition) is 54. The van der Waals surface area contributed by atoms with Crippen molar-refractivity contribution in [3.63, 3.8) is 0 Å². The van der Waals surface area contributed by atoms with Crippen LogP contribution in [0.4, 0.5) is 0 Å². The van der Waals surface area contributed by atoms with E-state index in [1.807, 2.05) is 0 Å². The van der Waals surface area contributed by atoms with E-state index in [-0.39, 0.29) is 60.8 Å². The van der Waals surface area contributed by atoms with Gasteiger partial charge in [0.05, 0.1) is 0 Å². The quantitative estimate of drug-likeness (QED) is 0.0267. The van der Waals surface area contributed by atoms with Crippen molar-refractivity contribution < 1.29 is 239 Å². The molecule has 0 radical (unpaired) electrons. The van der Waals surface area contributed by atoms with Gasteiger partial charge in [-0.15, -0.1) is 4.73 Å². The molecule has 8 fully saturated rings. The van der Waals surface area contributed by atoms with Crippen LogP contribution in [0, 0.1) is 0 Å². The van der Waals surface area contributed by atoms with Gasteiger partial charge in [0.2, 0.25) is 0 Å². The summed E-state index contributed by atoms with van der Waals surface area (Å²) in [5.41, 5.74) is -2.63. The van der Waals surface area contributed by atoms with Crippen LogP contribution in [-0.2, 0) is 37.9 Å². The number of aromatic amines is 1. The summed E-state index contributed by atoms with van der Waals surface area (Å²) in [5, 5.41) is 348. The molecule has 746 valence electrons. The largest absolute Gasteiger partial charge is 0.491 e. The fourth-order valence-corrected chi connectivity index (χ4v) is 16.7. The number of rotatable bonds is 24. The maximum Gasteiger partial charge on any atom is 0.184 e. The molecule has 56 heteroatoms. The minimum Gasteiger partial charge on any atom is -0.491 e. The molecule has 8 saturated heterocycles. The molecular formula is C80H98N8O48. The Bertz CT molecular complexity index is 5620. The van der Waals surface area contributed by atoms with E-state index in [1.165, 1.54) is 30.3 Å². The molecule has 136 heavy (non-hydrogen) atoms. The molecule has 10 aliphatic rings. The van der Waals surface area contributed by atoms with Gasteiger partial charge < -0.3 is 244 Å². The monoisotopic (exact) mass is 1940 g/mol. The van der Waals surface area contributed by atoms with Crippen molar-refractivity contribution in [1.29, 1.82) is 0 Å². The fraction of sp³-hybridized carbons (Fsp3) is 0.600. The number of H-pyrrole nitrogens is 1. The lowest BCUT2D eigenvalue weighted by Gasteiger charge is -2.38. The molecular weight excluding hydrogens is 1840 g/mol. The van der Waals surface area contributed by atoms with Gasteiger partial charge in [-0.2, -0.15) is 0 Å². The summed E-state index contributed by atoms with van der Waals surface area (Å²) in [4.78, 5) is 40.2. The predicted octanol–water partition coefficient (Wildman–Crippen LogP) is -16.2. The predicted molar refractivity (Wildman–Crippen MR) is 431 cm³/mol. The number of hydrogen-bond donors (Lipinski definition) is 33. The second-order valence-electron chi connectivity index (χ2n) is 33.7. The lowest BCUT2D eigenvalue weighted by molar-refractivity contribution is -0.288. The summed E-state index contributed by atoms with van der Waals surface area (Å²) < 4.78 is 88.8. The number of fused-ring (bicyclic) bond motifs is 20. The second kappa shape index (κ2) is 39.6. The van der Waals surface area contributed by atoms with Gasteiger partial charge in [0.15, 0.2) is 119 Å². The Hall–Kier alpha value is -8.96. The topological polar surface area (TPSA) is 893 Å². The zero-order valence-electron chi connectivity index (χ0n) is 69.9. The number of aliphatic hydroxyl groups is 32. The van der Waals surface area contributed by atoms with Gasteiger partial charge in [0.1, 0.15) is 265 Å². The third-order valence-electron chi connectivity index (χ3n) is 24.8. The molecule has 0 aliphatic carbocycles. The molecule has 10 aliphatic heterocycles. The van der Waals surface area contributed by atoms with Gasteiger partial charge in [-0.3, -0.25) is 0 Å². The van der Waals surface area contributed by atoms with E-state index < -0.39 is 368 Å². The number of nitrogens with one attached hydrogen (secondary N) is 1. The first-order valence-electron chi connectivity index (χ1n) is 42.2. The summed E-state index contributed by atoms with van der Waals surface area (Å²) in [6.45, 7) is -7.17. The molecule has 56 nitrogen and oxygen atoms in total. The highest BCUT2D eigenvalue weighted by atomic mass is 16.7. The highest BCUT2D eigenvalue weighted by Crippen LogP contribution is 2.48. The molecule has 0 saturated carbocycles. The number of ether oxygens (including phenoxy) is 15. The zero-order valence-corrected chi connectivity index (χ0v) is 69.9. The van der Waals surface area contributed by atoms with Gasteiger partial charge in [-0.05, 0) is 54.6 Å². The molecule has 13 heterocycles. The summed E-state index contributed by atoms with van der Waals surface area (Å²) in [5.74, 6) is -5.09. The van der Waals surface area contributed by atoms with Crippen LogP contribution in [0.15, 0.2) is 54.6 Å². The molecule has 40 unspecified atom stereocenters. The molecule has 4 aromatic carbocycles. The maximum atomic E-state index is 11.7. The Morgan fingerprint density at radius 1 is 0.221 bits per heavy atom. The van der Waals surface area contributed by atoms with Crippen LogP contribution in [0.5, 0.6) is 40.2 Å². The van der Waals surface area contributed by atoms with Crippen LogP contribution in [0.25, 0.3) is 89.7 Å². The average molecular weight is 1940 g/mol. The van der Waals surface area contributed by atoms with Crippen molar-refractivity contribution in [2.45, 2.75) is 246 Å². The Morgan fingerprint density at radius 2 is 0.441 bits per heavy atom. The number of aliphatic hydroxyl groups excluding tert-OH is 32. The van der Waals surface area contributed by atoms with Crippen molar-refractivity contribution in [2.24, 2.45) is 0 Å². The fourth-order valence-electron chi connectivity index (χ4n) is 16.7. The Kier molecular flexibility index (Phi) is 28.7. The molecule has 40 atom stereocenters. The highest BCUT2D eigenvalue weighted by Gasteiger charge is 2.52. The average Bonchev–Trinajstić information content (AvgIpc) is 1.57. The lowest BCUT2D eigenvalue weighted by atomic mass is 9.99. The first-order valence-corrected chi connectivity index (χ1v) is 42.2. The van der Waals surface area contributed by atoms with Crippen LogP contribution in [0.1, 0.15) is 0 Å². The first kappa shape index (κ1) is 98.6.